The summed E-state index contributed by atoms with van der Waals surface area (Å²) in [4.78, 5) is 25.8. The smallest absolute Gasteiger partial charge is 0.258 e. The van der Waals surface area contributed by atoms with E-state index in [0.29, 0.717) is 11.3 Å². The summed E-state index contributed by atoms with van der Waals surface area (Å²) in [5.41, 5.74) is 7.56. The van der Waals surface area contributed by atoms with Crippen LogP contribution < -0.4 is 15.8 Å². The number of primary amides is 1. The normalized spacial score (nSPS) is 17.2. The van der Waals surface area contributed by atoms with E-state index in [1.807, 2.05) is 48.2 Å². The summed E-state index contributed by atoms with van der Waals surface area (Å²) in [6.07, 6.45) is 0.587. The van der Waals surface area contributed by atoms with Crippen LogP contribution in [0, 0.1) is 0 Å². The van der Waals surface area contributed by atoms with Crippen molar-refractivity contribution in [3.63, 3.8) is 0 Å². The van der Waals surface area contributed by atoms with Gasteiger partial charge in [-0.15, -0.1) is 0 Å². The Morgan fingerprint density at radius 1 is 1.23 bits per heavy atom. The number of amides is 2. The number of fused-ring (bicyclic) bond motifs is 1. The minimum Gasteiger partial charge on any atom is -0.484 e. The molecule has 136 valence electrons. The van der Waals surface area contributed by atoms with Gasteiger partial charge in [0.2, 0.25) is 0 Å². The number of carbonyl (C=O) groups excluding carboxylic acids is 2. The number of nitrogens with zero attached hydrogens (tertiary/aromatic N) is 1. The topological polar surface area (TPSA) is 84.7 Å². The summed E-state index contributed by atoms with van der Waals surface area (Å²) >= 11 is 0. The van der Waals surface area contributed by atoms with Gasteiger partial charge in [0.25, 0.3) is 11.8 Å². The SMILES string of the molecule is CC[C@H](C)N1C(=O)c2ccccc2N[C@H]1c1ccc(OCC(N)=O)cc1. The first-order chi connectivity index (χ1) is 12.5. The van der Waals surface area contributed by atoms with Crippen molar-refractivity contribution >= 4 is 17.5 Å². The number of nitrogens with two attached hydrogens (primary N) is 1. The van der Waals surface area contributed by atoms with Crippen LogP contribution in [-0.2, 0) is 4.79 Å². The second-order valence-corrected chi connectivity index (χ2v) is 6.39. The van der Waals surface area contributed by atoms with Crippen LogP contribution in [0.4, 0.5) is 5.69 Å². The summed E-state index contributed by atoms with van der Waals surface area (Å²) in [6.45, 7) is 3.95. The lowest BCUT2D eigenvalue weighted by Crippen LogP contribution is -2.47. The van der Waals surface area contributed by atoms with E-state index in [-0.39, 0.29) is 24.7 Å². The number of ether oxygens (including phenoxy) is 1. The van der Waals surface area contributed by atoms with Gasteiger partial charge >= 0.3 is 0 Å². The van der Waals surface area contributed by atoms with Gasteiger partial charge in [-0.05, 0) is 43.2 Å². The van der Waals surface area contributed by atoms with Gasteiger partial charge in [-0.2, -0.15) is 0 Å². The number of hydrogen-bond acceptors (Lipinski definition) is 4. The molecule has 1 aliphatic rings. The number of anilines is 1. The van der Waals surface area contributed by atoms with Gasteiger partial charge in [-0.1, -0.05) is 31.2 Å². The van der Waals surface area contributed by atoms with Crippen molar-refractivity contribution in [2.75, 3.05) is 11.9 Å². The highest BCUT2D eigenvalue weighted by atomic mass is 16.5. The third kappa shape index (κ3) is 3.49. The van der Waals surface area contributed by atoms with Gasteiger partial charge in [-0.3, -0.25) is 9.59 Å². The maximum absolute atomic E-state index is 13.1. The Labute approximate surface area is 152 Å². The Morgan fingerprint density at radius 3 is 2.58 bits per heavy atom. The quantitative estimate of drug-likeness (QED) is 0.836. The molecule has 6 nitrogen and oxygen atoms in total. The maximum atomic E-state index is 13.1. The molecule has 1 heterocycles. The second kappa shape index (κ2) is 7.47. The predicted molar refractivity (Wildman–Crippen MR) is 99.9 cm³/mol. The largest absolute Gasteiger partial charge is 0.484 e. The van der Waals surface area contributed by atoms with Gasteiger partial charge in [0.1, 0.15) is 11.9 Å². The fourth-order valence-electron chi connectivity index (χ4n) is 3.06. The van der Waals surface area contributed by atoms with Crippen molar-refractivity contribution in [2.45, 2.75) is 32.5 Å². The van der Waals surface area contributed by atoms with E-state index in [4.69, 9.17) is 10.5 Å². The average Bonchev–Trinajstić information content (AvgIpc) is 2.66. The van der Waals surface area contributed by atoms with Crippen molar-refractivity contribution in [3.05, 3.63) is 59.7 Å². The minimum atomic E-state index is -0.520. The average molecular weight is 353 g/mol. The van der Waals surface area contributed by atoms with Crippen LogP contribution >= 0.6 is 0 Å². The van der Waals surface area contributed by atoms with Gasteiger partial charge in [0.05, 0.1) is 5.56 Å². The van der Waals surface area contributed by atoms with Crippen molar-refractivity contribution in [2.24, 2.45) is 5.73 Å². The second-order valence-electron chi connectivity index (χ2n) is 6.39. The number of para-hydroxylation sites is 1. The van der Waals surface area contributed by atoms with Crippen molar-refractivity contribution in [3.8, 4) is 5.75 Å². The molecule has 0 spiro atoms. The standard InChI is InChI=1S/C20H23N3O3/c1-3-13(2)23-19(22-17-7-5-4-6-16(17)20(23)25)14-8-10-15(11-9-14)26-12-18(21)24/h4-11,13,19,22H,3,12H2,1-2H3,(H2,21,24)/t13-,19+/m0/s1. The Morgan fingerprint density at radius 2 is 1.92 bits per heavy atom. The molecular weight excluding hydrogens is 330 g/mol. The third-order valence-electron chi connectivity index (χ3n) is 4.60. The summed E-state index contributed by atoms with van der Waals surface area (Å²) in [7, 11) is 0. The summed E-state index contributed by atoms with van der Waals surface area (Å²) in [5.74, 6) is 0.0612. The predicted octanol–water partition coefficient (Wildman–Crippen LogP) is 2.92. The van der Waals surface area contributed by atoms with Gasteiger partial charge < -0.3 is 20.7 Å². The fraction of sp³-hybridized carbons (Fsp3) is 0.300. The molecule has 2 atom stereocenters. The third-order valence-corrected chi connectivity index (χ3v) is 4.60. The highest BCUT2D eigenvalue weighted by Gasteiger charge is 2.35. The first-order valence-corrected chi connectivity index (χ1v) is 8.70. The Hall–Kier alpha value is -3.02. The first kappa shape index (κ1) is 17.8. The molecule has 0 unspecified atom stereocenters. The van der Waals surface area contributed by atoms with Gasteiger partial charge in [0, 0.05) is 11.7 Å². The van der Waals surface area contributed by atoms with Crippen LogP contribution in [-0.4, -0.2) is 29.4 Å². The Balaban J connectivity index is 1.91. The molecule has 0 aromatic heterocycles. The van der Waals surface area contributed by atoms with Crippen molar-refractivity contribution in [1.29, 1.82) is 0 Å². The van der Waals surface area contributed by atoms with E-state index in [0.717, 1.165) is 17.7 Å². The van der Waals surface area contributed by atoms with Gasteiger partial charge in [0.15, 0.2) is 6.61 Å². The zero-order valence-corrected chi connectivity index (χ0v) is 14.9. The lowest BCUT2D eigenvalue weighted by atomic mass is 10.0. The molecular formula is C20H23N3O3. The van der Waals surface area contributed by atoms with Crippen LogP contribution in [0.3, 0.4) is 0 Å². The van der Waals surface area contributed by atoms with Crippen LogP contribution in [0.25, 0.3) is 0 Å². The zero-order valence-electron chi connectivity index (χ0n) is 14.9. The molecule has 3 rings (SSSR count). The first-order valence-electron chi connectivity index (χ1n) is 8.70. The van der Waals surface area contributed by atoms with Crippen LogP contribution in [0.5, 0.6) is 5.75 Å². The lowest BCUT2D eigenvalue weighted by molar-refractivity contribution is -0.119. The molecule has 3 N–H and O–H groups in total. The monoisotopic (exact) mass is 353 g/mol. The molecule has 0 saturated heterocycles. The van der Waals surface area contributed by atoms with Crippen LogP contribution in [0.15, 0.2) is 48.5 Å². The Kier molecular flexibility index (Phi) is 5.11. The minimum absolute atomic E-state index is 0.0211. The molecule has 0 bridgehead atoms. The van der Waals surface area contributed by atoms with E-state index in [1.165, 1.54) is 0 Å². The van der Waals surface area contributed by atoms with E-state index in [1.54, 1.807) is 12.1 Å². The fourth-order valence-corrected chi connectivity index (χ4v) is 3.06. The summed E-state index contributed by atoms with van der Waals surface area (Å²) in [5, 5.41) is 3.47. The summed E-state index contributed by atoms with van der Waals surface area (Å²) < 4.78 is 5.31. The van der Waals surface area contributed by atoms with Crippen LogP contribution in [0.1, 0.15) is 42.4 Å². The molecule has 2 aromatic carbocycles. The van der Waals surface area contributed by atoms with Gasteiger partial charge in [-0.25, -0.2) is 0 Å². The molecule has 0 saturated carbocycles. The molecule has 26 heavy (non-hydrogen) atoms. The lowest BCUT2D eigenvalue weighted by Gasteiger charge is -2.41. The molecule has 0 aliphatic carbocycles. The van der Waals surface area contributed by atoms with Crippen LogP contribution in [0.2, 0.25) is 0 Å². The van der Waals surface area contributed by atoms with Crippen molar-refractivity contribution in [1.82, 2.24) is 4.90 Å². The Bertz CT molecular complexity index is 804. The van der Waals surface area contributed by atoms with E-state index in [9.17, 15) is 9.59 Å². The number of rotatable bonds is 6. The highest BCUT2D eigenvalue weighted by Crippen LogP contribution is 2.35. The highest BCUT2D eigenvalue weighted by molar-refractivity contribution is 6.01. The number of carbonyl (C=O) groups is 2. The number of nitrogens with one attached hydrogen (secondary N) is 1. The van der Waals surface area contributed by atoms with Crippen molar-refractivity contribution < 1.29 is 14.3 Å². The zero-order chi connectivity index (χ0) is 18.7. The van der Waals surface area contributed by atoms with E-state index in [2.05, 4.69) is 12.2 Å². The number of hydrogen-bond donors (Lipinski definition) is 2. The number of benzene rings is 2. The molecule has 0 fully saturated rings. The summed E-state index contributed by atoms with van der Waals surface area (Å²) in [6, 6.07) is 15.0. The molecule has 2 amide bonds. The van der Waals surface area contributed by atoms with E-state index >= 15 is 0 Å². The maximum Gasteiger partial charge on any atom is 0.258 e. The molecule has 1 aliphatic heterocycles. The van der Waals surface area contributed by atoms with E-state index < -0.39 is 5.91 Å². The molecule has 6 heteroatoms. The molecule has 2 aromatic rings. The molecule has 0 radical (unpaired) electrons.